The third kappa shape index (κ3) is 5.45. The molecule has 148 valence electrons. The number of rotatable bonds is 4. The van der Waals surface area contributed by atoms with Gasteiger partial charge in [0.25, 0.3) is 0 Å². The average molecular weight is 375 g/mol. The number of nitrogen functional groups attached to an aromatic ring is 1. The summed E-state index contributed by atoms with van der Waals surface area (Å²) in [6, 6.07) is 3.34. The van der Waals surface area contributed by atoms with Gasteiger partial charge in [0.2, 0.25) is 0 Å². The second-order valence-corrected chi connectivity index (χ2v) is 7.81. The van der Waals surface area contributed by atoms with Crippen molar-refractivity contribution in [3.8, 4) is 0 Å². The van der Waals surface area contributed by atoms with Gasteiger partial charge in [-0.25, -0.2) is 9.59 Å². The maximum Gasteiger partial charge on any atom is 0.410 e. The maximum atomic E-state index is 12.1. The highest BCUT2D eigenvalue weighted by molar-refractivity contribution is 5.97. The summed E-state index contributed by atoms with van der Waals surface area (Å²) >= 11 is 0. The highest BCUT2D eigenvalue weighted by atomic mass is 16.6. The molecule has 0 saturated carbocycles. The number of ether oxygens (including phenoxy) is 2. The van der Waals surface area contributed by atoms with Gasteiger partial charge in [0.1, 0.15) is 5.60 Å². The minimum Gasteiger partial charge on any atom is -0.465 e. The van der Waals surface area contributed by atoms with Crippen LogP contribution >= 0.6 is 0 Å². The lowest BCUT2D eigenvalue weighted by atomic mass is 10.0. The summed E-state index contributed by atoms with van der Waals surface area (Å²) in [5.74, 6) is -0.120. The fourth-order valence-corrected chi connectivity index (χ4v) is 3.02. The number of carbonyl (C=O) groups excluding carboxylic acids is 2. The number of amides is 1. The lowest BCUT2D eigenvalue weighted by Crippen LogP contribution is -2.35. The third-order valence-electron chi connectivity index (χ3n) is 4.48. The fourth-order valence-electron chi connectivity index (χ4n) is 3.02. The van der Waals surface area contributed by atoms with Gasteiger partial charge in [0.15, 0.2) is 0 Å². The van der Waals surface area contributed by atoms with E-state index < -0.39 is 11.6 Å². The van der Waals surface area contributed by atoms with Crippen LogP contribution in [0.5, 0.6) is 0 Å². The molecule has 0 aromatic heterocycles. The number of hydrogen-bond acceptors (Lipinski definition) is 6. The molecule has 0 radical (unpaired) electrons. The number of aliphatic imine (C=N–C) groups is 1. The molecule has 2 N–H and O–H groups in total. The topological polar surface area (TPSA) is 94.2 Å². The van der Waals surface area contributed by atoms with Gasteiger partial charge in [-0.05, 0) is 57.7 Å². The molecule has 7 heteroatoms. The van der Waals surface area contributed by atoms with E-state index in [0.29, 0.717) is 30.9 Å². The van der Waals surface area contributed by atoms with E-state index in [1.54, 1.807) is 23.2 Å². The van der Waals surface area contributed by atoms with Crippen molar-refractivity contribution in [1.82, 2.24) is 4.90 Å². The molecule has 1 aliphatic rings. The molecule has 27 heavy (non-hydrogen) atoms. The Balaban J connectivity index is 1.99. The van der Waals surface area contributed by atoms with Gasteiger partial charge in [-0.2, -0.15) is 0 Å². The summed E-state index contributed by atoms with van der Waals surface area (Å²) < 4.78 is 10.2. The Kier molecular flexibility index (Phi) is 6.46. The van der Waals surface area contributed by atoms with Crippen LogP contribution in [-0.4, -0.2) is 55.5 Å². The Hall–Kier alpha value is -2.57. The normalized spacial score (nSPS) is 17.4. The van der Waals surface area contributed by atoms with Gasteiger partial charge in [-0.15, -0.1) is 0 Å². The number of anilines is 1. The summed E-state index contributed by atoms with van der Waals surface area (Å²) in [6.07, 6.45) is 2.31. The molecule has 0 unspecified atom stereocenters. The highest BCUT2D eigenvalue weighted by Gasteiger charge is 2.29. The molecule has 1 heterocycles. The van der Waals surface area contributed by atoms with Gasteiger partial charge in [0.05, 0.1) is 12.7 Å². The van der Waals surface area contributed by atoms with Crippen LogP contribution in [0.15, 0.2) is 17.1 Å². The lowest BCUT2D eigenvalue weighted by molar-refractivity contribution is 0.0288. The number of hydrogen-bond donors (Lipinski definition) is 1. The molecule has 1 atom stereocenters. The molecule has 2 rings (SSSR count). The number of nitrogens with two attached hydrogens (primary N) is 1. The monoisotopic (exact) mass is 375 g/mol. The lowest BCUT2D eigenvalue weighted by Gasteiger charge is -2.24. The summed E-state index contributed by atoms with van der Waals surface area (Å²) in [7, 11) is 1.35. The predicted octanol–water partition coefficient (Wildman–Crippen LogP) is 3.04. The molecule has 1 saturated heterocycles. The molecule has 1 aromatic carbocycles. The second kappa shape index (κ2) is 8.41. The summed E-state index contributed by atoms with van der Waals surface area (Å²) in [5, 5.41) is 0. The zero-order valence-corrected chi connectivity index (χ0v) is 16.7. The number of esters is 1. The standard InChI is InChI=1S/C20H29N3O4/c1-13-15(18(24)26-5)6-7-17(21)16(13)11-22-10-14-8-9-23(12-14)19(25)27-20(2,3)4/h6-7,11,14H,8-10,12,21H2,1-5H3/t14-/m0/s1. The van der Waals surface area contributed by atoms with Crippen molar-refractivity contribution in [2.75, 3.05) is 32.5 Å². The Morgan fingerprint density at radius 1 is 1.37 bits per heavy atom. The summed E-state index contributed by atoms with van der Waals surface area (Å²) in [6.45, 7) is 9.29. The first-order valence-corrected chi connectivity index (χ1v) is 9.07. The molecule has 7 nitrogen and oxygen atoms in total. The number of nitrogens with zero attached hydrogens (tertiary/aromatic N) is 2. The van der Waals surface area contributed by atoms with Crippen LogP contribution < -0.4 is 5.73 Å². The third-order valence-corrected chi connectivity index (χ3v) is 4.48. The first kappa shape index (κ1) is 20.7. The van der Waals surface area contributed by atoms with E-state index in [9.17, 15) is 9.59 Å². The second-order valence-electron chi connectivity index (χ2n) is 7.81. The minimum atomic E-state index is -0.493. The quantitative estimate of drug-likeness (QED) is 0.496. The van der Waals surface area contributed by atoms with E-state index in [4.69, 9.17) is 15.2 Å². The number of likely N-dealkylation sites (tertiary alicyclic amines) is 1. The SMILES string of the molecule is COC(=O)c1ccc(N)c(C=NC[C@@H]2CCN(C(=O)OC(C)(C)C)C2)c1C. The van der Waals surface area contributed by atoms with E-state index in [1.807, 2.05) is 27.7 Å². The predicted molar refractivity (Wildman–Crippen MR) is 105 cm³/mol. The molecular weight excluding hydrogens is 346 g/mol. The smallest absolute Gasteiger partial charge is 0.410 e. The van der Waals surface area contributed by atoms with Crippen molar-refractivity contribution < 1.29 is 19.1 Å². The minimum absolute atomic E-state index is 0.277. The van der Waals surface area contributed by atoms with E-state index in [0.717, 1.165) is 17.5 Å². The van der Waals surface area contributed by atoms with Crippen molar-refractivity contribution in [3.63, 3.8) is 0 Å². The van der Waals surface area contributed by atoms with Crippen LogP contribution in [0.2, 0.25) is 0 Å². The average Bonchev–Trinajstić information content (AvgIpc) is 3.05. The van der Waals surface area contributed by atoms with Crippen molar-refractivity contribution in [1.29, 1.82) is 0 Å². The summed E-state index contributed by atoms with van der Waals surface area (Å²) in [4.78, 5) is 30.2. The van der Waals surface area contributed by atoms with Gasteiger partial charge in [0, 0.05) is 37.1 Å². The van der Waals surface area contributed by atoms with E-state index in [2.05, 4.69) is 4.99 Å². The van der Waals surface area contributed by atoms with Gasteiger partial charge >= 0.3 is 12.1 Å². The molecule has 0 bridgehead atoms. The van der Waals surface area contributed by atoms with Crippen LogP contribution in [0.1, 0.15) is 48.7 Å². The number of carbonyl (C=O) groups is 2. The number of benzene rings is 1. The molecule has 0 spiro atoms. The Labute approximate surface area is 160 Å². The van der Waals surface area contributed by atoms with Crippen molar-refractivity contribution in [2.45, 2.75) is 39.7 Å². The molecular formula is C20H29N3O4. The van der Waals surface area contributed by atoms with Crippen LogP contribution in [0.4, 0.5) is 10.5 Å². The van der Waals surface area contributed by atoms with E-state index in [-0.39, 0.29) is 12.0 Å². The Morgan fingerprint density at radius 3 is 2.70 bits per heavy atom. The van der Waals surface area contributed by atoms with Gasteiger partial charge in [-0.3, -0.25) is 4.99 Å². The van der Waals surface area contributed by atoms with E-state index in [1.165, 1.54) is 7.11 Å². The Morgan fingerprint density at radius 2 is 2.07 bits per heavy atom. The summed E-state index contributed by atoms with van der Waals surface area (Å²) in [5.41, 5.74) is 8.04. The Bertz CT molecular complexity index is 737. The zero-order valence-electron chi connectivity index (χ0n) is 16.7. The van der Waals surface area contributed by atoms with Gasteiger partial charge in [-0.1, -0.05) is 0 Å². The molecule has 0 aliphatic carbocycles. The molecule has 1 fully saturated rings. The van der Waals surface area contributed by atoms with Crippen molar-refractivity contribution in [3.05, 3.63) is 28.8 Å². The van der Waals surface area contributed by atoms with Crippen molar-refractivity contribution >= 4 is 24.0 Å². The van der Waals surface area contributed by atoms with Crippen LogP contribution in [-0.2, 0) is 9.47 Å². The van der Waals surface area contributed by atoms with Gasteiger partial charge < -0.3 is 20.1 Å². The highest BCUT2D eigenvalue weighted by Crippen LogP contribution is 2.22. The largest absolute Gasteiger partial charge is 0.465 e. The van der Waals surface area contributed by atoms with Crippen LogP contribution in [0.3, 0.4) is 0 Å². The first-order chi connectivity index (χ1) is 12.6. The molecule has 1 amide bonds. The van der Waals surface area contributed by atoms with Crippen molar-refractivity contribution in [2.24, 2.45) is 10.9 Å². The molecule has 1 aromatic rings. The van der Waals surface area contributed by atoms with Crippen LogP contribution in [0, 0.1) is 12.8 Å². The first-order valence-electron chi connectivity index (χ1n) is 9.07. The van der Waals surface area contributed by atoms with Crippen LogP contribution in [0.25, 0.3) is 0 Å². The van der Waals surface area contributed by atoms with E-state index >= 15 is 0 Å². The zero-order chi connectivity index (χ0) is 20.2. The molecule has 1 aliphatic heterocycles. The maximum absolute atomic E-state index is 12.1. The number of methoxy groups -OCH3 is 1. The fraction of sp³-hybridized carbons (Fsp3) is 0.550.